The van der Waals surface area contributed by atoms with Crippen LogP contribution < -0.4 is 4.90 Å². The zero-order valence-corrected chi connectivity index (χ0v) is 15.7. The largest absolute Gasteiger partial charge is 0.325 e. The van der Waals surface area contributed by atoms with Crippen molar-refractivity contribution in [3.63, 3.8) is 0 Å². The summed E-state index contributed by atoms with van der Waals surface area (Å²) in [5, 5.41) is 9.14. The maximum absolute atomic E-state index is 13.2. The number of amides is 2. The van der Waals surface area contributed by atoms with Gasteiger partial charge in [-0.2, -0.15) is 5.26 Å². The van der Waals surface area contributed by atoms with Crippen molar-refractivity contribution in [3.05, 3.63) is 66.8 Å². The Labute approximate surface area is 161 Å². The van der Waals surface area contributed by atoms with Crippen LogP contribution in [0.4, 0.5) is 10.5 Å². The van der Waals surface area contributed by atoms with Crippen LogP contribution in [0.25, 0.3) is 0 Å². The third-order valence-electron chi connectivity index (χ3n) is 5.25. The van der Waals surface area contributed by atoms with Crippen molar-refractivity contribution in [1.29, 1.82) is 5.26 Å². The minimum atomic E-state index is 0.00596. The quantitative estimate of drug-likeness (QED) is 0.594. The van der Waals surface area contributed by atoms with E-state index in [9.17, 15) is 4.79 Å². The molecule has 0 atom stereocenters. The molecule has 0 bridgehead atoms. The van der Waals surface area contributed by atoms with Gasteiger partial charge in [0.25, 0.3) is 0 Å². The predicted molar refractivity (Wildman–Crippen MR) is 109 cm³/mol. The molecule has 140 valence electrons. The first-order valence-corrected chi connectivity index (χ1v) is 9.29. The van der Waals surface area contributed by atoms with Crippen molar-refractivity contribution in [2.45, 2.75) is 18.9 Å². The Morgan fingerprint density at radius 2 is 2.04 bits per heavy atom. The molecule has 5 nitrogen and oxygen atoms in total. The monoisotopic (exact) mass is 362 g/mol. The normalized spacial score (nSPS) is 19.1. The first-order chi connectivity index (χ1) is 13.0. The summed E-state index contributed by atoms with van der Waals surface area (Å²) in [7, 11) is 0. The Kier molecular flexibility index (Phi) is 5.78. The number of anilines is 1. The lowest BCUT2D eigenvalue weighted by molar-refractivity contribution is 0.130. The van der Waals surface area contributed by atoms with Crippen LogP contribution >= 0.6 is 0 Å². The van der Waals surface area contributed by atoms with Gasteiger partial charge in [0, 0.05) is 37.9 Å². The number of carbonyl (C=O) groups excluding carboxylic acids is 1. The van der Waals surface area contributed by atoms with Crippen LogP contribution in [0, 0.1) is 11.3 Å². The molecular formula is C22H26N4O. The lowest BCUT2D eigenvalue weighted by Gasteiger charge is -2.44. The highest BCUT2D eigenvalue weighted by Crippen LogP contribution is 2.27. The standard InChI is InChI=1S/C22H26N4O/c1-4-17(2)14-24-10-8-20(9-11-24)25-15-18(3)16-26(22(25)27)21-7-5-6-19(12-21)13-23/h4-7,12,20H,1-3,8-11,14-16H2. The summed E-state index contributed by atoms with van der Waals surface area (Å²) < 4.78 is 0. The Bertz CT molecular complexity index is 799. The minimum Gasteiger partial charge on any atom is -0.317 e. The SMILES string of the molecule is C=CC(=C)CN1CCC(N2CC(=C)CN(c3cccc(C#N)c3)C2=O)CC1. The lowest BCUT2D eigenvalue weighted by Crippen LogP contribution is -2.56. The number of hydrogen-bond acceptors (Lipinski definition) is 3. The fourth-order valence-electron chi connectivity index (χ4n) is 3.78. The summed E-state index contributed by atoms with van der Waals surface area (Å²) in [4.78, 5) is 19.2. The van der Waals surface area contributed by atoms with Gasteiger partial charge in [-0.05, 0) is 42.2 Å². The fraction of sp³-hybridized carbons (Fsp3) is 0.364. The predicted octanol–water partition coefficient (Wildman–Crippen LogP) is 3.56. The average Bonchev–Trinajstić information content (AvgIpc) is 2.70. The topological polar surface area (TPSA) is 50.6 Å². The summed E-state index contributed by atoms with van der Waals surface area (Å²) >= 11 is 0. The molecule has 0 aliphatic carbocycles. The van der Waals surface area contributed by atoms with Gasteiger partial charge in [-0.15, -0.1) is 0 Å². The summed E-state index contributed by atoms with van der Waals surface area (Å²) in [5.74, 6) is 0. The molecule has 2 saturated heterocycles. The zero-order chi connectivity index (χ0) is 19.4. The van der Waals surface area contributed by atoms with Crippen molar-refractivity contribution in [2.75, 3.05) is 37.6 Å². The summed E-state index contributed by atoms with van der Waals surface area (Å²) in [6.07, 6.45) is 3.68. The molecule has 27 heavy (non-hydrogen) atoms. The van der Waals surface area contributed by atoms with Crippen molar-refractivity contribution in [3.8, 4) is 6.07 Å². The minimum absolute atomic E-state index is 0.00596. The van der Waals surface area contributed by atoms with E-state index in [1.165, 1.54) is 0 Å². The number of nitrogens with zero attached hydrogens (tertiary/aromatic N) is 4. The lowest BCUT2D eigenvalue weighted by atomic mass is 10.0. The Morgan fingerprint density at radius 1 is 1.30 bits per heavy atom. The molecule has 5 heteroatoms. The van der Waals surface area contributed by atoms with Crippen molar-refractivity contribution >= 4 is 11.7 Å². The van der Waals surface area contributed by atoms with Crippen LogP contribution in [0.1, 0.15) is 18.4 Å². The highest BCUT2D eigenvalue weighted by atomic mass is 16.2. The first kappa shape index (κ1) is 18.9. The molecule has 2 fully saturated rings. The van der Waals surface area contributed by atoms with E-state index in [0.717, 1.165) is 49.3 Å². The van der Waals surface area contributed by atoms with Crippen molar-refractivity contribution in [1.82, 2.24) is 9.80 Å². The number of nitriles is 1. The molecule has 0 saturated carbocycles. The van der Waals surface area contributed by atoms with Gasteiger partial charge in [0.05, 0.1) is 18.2 Å². The second-order valence-corrected chi connectivity index (χ2v) is 7.28. The highest BCUT2D eigenvalue weighted by Gasteiger charge is 2.35. The molecular weight excluding hydrogens is 336 g/mol. The van der Waals surface area contributed by atoms with Crippen molar-refractivity contribution < 1.29 is 4.79 Å². The average molecular weight is 362 g/mol. The van der Waals surface area contributed by atoms with E-state index in [2.05, 4.69) is 30.7 Å². The van der Waals surface area contributed by atoms with E-state index in [1.54, 1.807) is 23.1 Å². The van der Waals surface area contributed by atoms with E-state index < -0.39 is 0 Å². The zero-order valence-electron chi connectivity index (χ0n) is 15.7. The Balaban J connectivity index is 1.70. The van der Waals surface area contributed by atoms with Crippen LogP contribution in [-0.4, -0.2) is 54.6 Å². The van der Waals surface area contributed by atoms with Gasteiger partial charge in [-0.25, -0.2) is 4.79 Å². The van der Waals surface area contributed by atoms with Crippen molar-refractivity contribution in [2.24, 2.45) is 0 Å². The maximum atomic E-state index is 13.2. The Morgan fingerprint density at radius 3 is 2.70 bits per heavy atom. The van der Waals surface area contributed by atoms with Crippen LogP contribution in [0.3, 0.4) is 0 Å². The molecule has 1 aromatic carbocycles. The second-order valence-electron chi connectivity index (χ2n) is 7.28. The smallest absolute Gasteiger partial charge is 0.317 e. The van der Waals surface area contributed by atoms with Gasteiger partial charge in [0.15, 0.2) is 0 Å². The summed E-state index contributed by atoms with van der Waals surface area (Å²) in [5.41, 5.74) is 3.35. The molecule has 0 spiro atoms. The van der Waals surface area contributed by atoms with Gasteiger partial charge in [-0.3, -0.25) is 9.80 Å². The third-order valence-corrected chi connectivity index (χ3v) is 5.25. The van der Waals surface area contributed by atoms with E-state index in [-0.39, 0.29) is 12.1 Å². The molecule has 2 aliphatic rings. The van der Waals surface area contributed by atoms with Gasteiger partial charge in [0.2, 0.25) is 0 Å². The van der Waals surface area contributed by atoms with Gasteiger partial charge in [0.1, 0.15) is 0 Å². The van der Waals surface area contributed by atoms with Crippen LogP contribution in [0.5, 0.6) is 0 Å². The fourth-order valence-corrected chi connectivity index (χ4v) is 3.78. The van der Waals surface area contributed by atoms with Gasteiger partial charge < -0.3 is 4.90 Å². The number of piperidine rings is 1. The highest BCUT2D eigenvalue weighted by molar-refractivity contribution is 5.94. The van der Waals surface area contributed by atoms with Crippen LogP contribution in [0.2, 0.25) is 0 Å². The molecule has 3 rings (SSSR count). The number of urea groups is 1. The number of rotatable bonds is 5. The van der Waals surface area contributed by atoms with E-state index >= 15 is 0 Å². The molecule has 0 radical (unpaired) electrons. The van der Waals surface area contributed by atoms with E-state index in [0.29, 0.717) is 18.7 Å². The summed E-state index contributed by atoms with van der Waals surface area (Å²) in [6, 6.07) is 9.55. The van der Waals surface area contributed by atoms with Gasteiger partial charge >= 0.3 is 6.03 Å². The number of likely N-dealkylation sites (tertiary alicyclic amines) is 1. The number of carbonyl (C=O) groups is 1. The maximum Gasteiger partial charge on any atom is 0.325 e. The third kappa shape index (κ3) is 4.29. The molecule has 0 aromatic heterocycles. The summed E-state index contributed by atoms with van der Waals surface area (Å²) in [6.45, 7) is 15.7. The van der Waals surface area contributed by atoms with E-state index in [1.807, 2.05) is 17.0 Å². The number of benzene rings is 1. The molecule has 2 aliphatic heterocycles. The molecule has 2 amide bonds. The number of hydrogen-bond donors (Lipinski definition) is 0. The molecule has 0 unspecified atom stereocenters. The van der Waals surface area contributed by atoms with Crippen LogP contribution in [-0.2, 0) is 0 Å². The van der Waals surface area contributed by atoms with Gasteiger partial charge in [-0.1, -0.05) is 31.9 Å². The van der Waals surface area contributed by atoms with Crippen LogP contribution in [0.15, 0.2) is 61.2 Å². The second kappa shape index (κ2) is 8.24. The first-order valence-electron chi connectivity index (χ1n) is 9.29. The molecule has 1 aromatic rings. The molecule has 0 N–H and O–H groups in total. The molecule has 2 heterocycles. The Hall–Kier alpha value is -2.84. The van der Waals surface area contributed by atoms with E-state index in [4.69, 9.17) is 5.26 Å².